The first-order chi connectivity index (χ1) is 11.0. The van der Waals surface area contributed by atoms with Gasteiger partial charge in [0.25, 0.3) is 5.91 Å². The number of H-pyrrole nitrogens is 1. The molecule has 0 unspecified atom stereocenters. The van der Waals surface area contributed by atoms with Crippen molar-refractivity contribution < 1.29 is 9.53 Å². The number of nitrogens with one attached hydrogen (secondary N) is 2. The number of amides is 1. The molecule has 0 saturated carbocycles. The maximum Gasteiger partial charge on any atom is 0.253 e. The molecule has 0 bridgehead atoms. The second kappa shape index (κ2) is 7.83. The molecule has 0 atom stereocenters. The molecule has 2 aromatic rings. The topological polar surface area (TPSA) is 71.2 Å². The van der Waals surface area contributed by atoms with Gasteiger partial charge in [-0.05, 0) is 49.6 Å². The van der Waals surface area contributed by atoms with Gasteiger partial charge in [-0.3, -0.25) is 9.59 Å². The van der Waals surface area contributed by atoms with E-state index in [0.29, 0.717) is 35.7 Å². The van der Waals surface area contributed by atoms with E-state index in [1.54, 1.807) is 13.0 Å². The molecule has 0 aliphatic rings. The number of rotatable bonds is 6. The molecule has 1 aromatic carbocycles. The summed E-state index contributed by atoms with van der Waals surface area (Å²) in [4.78, 5) is 25.8. The molecule has 0 spiro atoms. The number of aryl methyl sites for hydroxylation is 1. The summed E-state index contributed by atoms with van der Waals surface area (Å²) >= 11 is 6.01. The Hall–Kier alpha value is -2.27. The number of carbonyl (C=O) groups is 1. The van der Waals surface area contributed by atoms with Crippen molar-refractivity contribution in [2.75, 3.05) is 13.2 Å². The van der Waals surface area contributed by atoms with Gasteiger partial charge in [0.1, 0.15) is 5.75 Å². The molecule has 2 rings (SSSR count). The number of carbonyl (C=O) groups excluding carboxylic acids is 1. The van der Waals surface area contributed by atoms with E-state index >= 15 is 0 Å². The molecular formula is C17H19ClN2O3. The fourth-order valence-corrected chi connectivity index (χ4v) is 2.46. The van der Waals surface area contributed by atoms with Crippen molar-refractivity contribution >= 4 is 17.5 Å². The number of hydrogen-bond donors (Lipinski definition) is 2. The molecule has 5 nitrogen and oxygen atoms in total. The van der Waals surface area contributed by atoms with Crippen molar-refractivity contribution in [1.82, 2.24) is 10.3 Å². The molecule has 0 fully saturated rings. The van der Waals surface area contributed by atoms with Crippen LogP contribution in [0.2, 0.25) is 5.02 Å². The highest BCUT2D eigenvalue weighted by molar-refractivity contribution is 6.30. The lowest BCUT2D eigenvalue weighted by molar-refractivity contribution is 0.0953. The highest BCUT2D eigenvalue weighted by Crippen LogP contribution is 2.23. The van der Waals surface area contributed by atoms with Crippen LogP contribution < -0.4 is 15.6 Å². The fraction of sp³-hybridized carbons (Fsp3) is 0.294. The molecular weight excluding hydrogens is 316 g/mol. The number of aromatic amines is 1. The first-order valence-electron chi connectivity index (χ1n) is 7.40. The minimum atomic E-state index is -0.223. The molecule has 0 aliphatic heterocycles. The Morgan fingerprint density at radius 1 is 1.35 bits per heavy atom. The van der Waals surface area contributed by atoms with E-state index in [4.69, 9.17) is 16.3 Å². The highest BCUT2D eigenvalue weighted by atomic mass is 35.5. The van der Waals surface area contributed by atoms with Gasteiger partial charge < -0.3 is 15.0 Å². The van der Waals surface area contributed by atoms with Crippen LogP contribution in [0.5, 0.6) is 5.75 Å². The van der Waals surface area contributed by atoms with Gasteiger partial charge in [-0.2, -0.15) is 0 Å². The second-order valence-electron chi connectivity index (χ2n) is 5.08. The minimum Gasteiger partial charge on any atom is -0.494 e. The van der Waals surface area contributed by atoms with Crippen LogP contribution in [0.15, 0.2) is 35.3 Å². The Labute approximate surface area is 139 Å². The molecule has 0 saturated heterocycles. The van der Waals surface area contributed by atoms with Gasteiger partial charge in [-0.15, -0.1) is 0 Å². The lowest BCUT2D eigenvalue weighted by Gasteiger charge is -2.11. The largest absolute Gasteiger partial charge is 0.494 e. The third-order valence-electron chi connectivity index (χ3n) is 3.38. The van der Waals surface area contributed by atoms with E-state index in [9.17, 15) is 9.59 Å². The molecule has 122 valence electrons. The van der Waals surface area contributed by atoms with Crippen LogP contribution >= 0.6 is 11.6 Å². The molecule has 6 heteroatoms. The SMILES string of the molecule is CCOc1ccc(Cl)cc1CCNC(=O)c1c[nH]c(=O)cc1C. The van der Waals surface area contributed by atoms with Gasteiger partial charge >= 0.3 is 0 Å². The number of hydrogen-bond acceptors (Lipinski definition) is 3. The molecule has 1 amide bonds. The van der Waals surface area contributed by atoms with Gasteiger partial charge in [0.2, 0.25) is 5.56 Å². The average Bonchev–Trinajstić information content (AvgIpc) is 2.50. The van der Waals surface area contributed by atoms with Crippen LogP contribution in [-0.4, -0.2) is 24.0 Å². The van der Waals surface area contributed by atoms with Gasteiger partial charge in [-0.1, -0.05) is 11.6 Å². The standard InChI is InChI=1S/C17H19ClN2O3/c1-3-23-15-5-4-13(18)9-12(15)6-7-19-17(22)14-10-20-16(21)8-11(14)2/h4-5,8-10H,3,6-7H2,1-2H3,(H,19,22)(H,20,21). The van der Waals surface area contributed by atoms with Crippen molar-refractivity contribution in [2.45, 2.75) is 20.3 Å². The van der Waals surface area contributed by atoms with E-state index in [0.717, 1.165) is 11.3 Å². The Balaban J connectivity index is 2.00. The summed E-state index contributed by atoms with van der Waals surface area (Å²) < 4.78 is 5.56. The maximum atomic E-state index is 12.2. The lowest BCUT2D eigenvalue weighted by atomic mass is 10.1. The first-order valence-corrected chi connectivity index (χ1v) is 7.77. The molecule has 1 heterocycles. The maximum absolute atomic E-state index is 12.2. The Morgan fingerprint density at radius 3 is 2.83 bits per heavy atom. The molecule has 23 heavy (non-hydrogen) atoms. The number of benzene rings is 1. The zero-order chi connectivity index (χ0) is 16.8. The van der Waals surface area contributed by atoms with Gasteiger partial charge in [-0.25, -0.2) is 0 Å². The van der Waals surface area contributed by atoms with E-state index in [-0.39, 0.29) is 11.5 Å². The van der Waals surface area contributed by atoms with Crippen LogP contribution in [0.4, 0.5) is 0 Å². The zero-order valence-corrected chi connectivity index (χ0v) is 13.9. The van der Waals surface area contributed by atoms with Crippen molar-refractivity contribution in [3.8, 4) is 5.75 Å². The van der Waals surface area contributed by atoms with Crippen LogP contribution in [0.3, 0.4) is 0 Å². The number of pyridine rings is 1. The Morgan fingerprint density at radius 2 is 2.13 bits per heavy atom. The highest BCUT2D eigenvalue weighted by Gasteiger charge is 2.10. The van der Waals surface area contributed by atoms with Gasteiger partial charge in [0.05, 0.1) is 12.2 Å². The van der Waals surface area contributed by atoms with Crippen LogP contribution in [-0.2, 0) is 6.42 Å². The van der Waals surface area contributed by atoms with Gasteiger partial charge in [0, 0.05) is 23.8 Å². The predicted molar refractivity (Wildman–Crippen MR) is 90.5 cm³/mol. The summed E-state index contributed by atoms with van der Waals surface area (Å²) in [5.74, 6) is 0.546. The lowest BCUT2D eigenvalue weighted by Crippen LogP contribution is -2.27. The number of aromatic nitrogens is 1. The smallest absolute Gasteiger partial charge is 0.253 e. The fourth-order valence-electron chi connectivity index (χ4n) is 2.26. The normalized spacial score (nSPS) is 10.4. The van der Waals surface area contributed by atoms with E-state index < -0.39 is 0 Å². The number of ether oxygens (including phenoxy) is 1. The van der Waals surface area contributed by atoms with Gasteiger partial charge in [0.15, 0.2) is 0 Å². The Bertz CT molecular complexity index is 756. The summed E-state index contributed by atoms with van der Waals surface area (Å²) in [6.45, 7) is 4.66. The quantitative estimate of drug-likeness (QED) is 0.853. The van der Waals surface area contributed by atoms with Crippen molar-refractivity contribution in [1.29, 1.82) is 0 Å². The summed E-state index contributed by atoms with van der Waals surface area (Å²) in [6, 6.07) is 6.84. The third kappa shape index (κ3) is 4.60. The molecule has 0 radical (unpaired) electrons. The van der Waals surface area contributed by atoms with E-state index in [1.165, 1.54) is 12.3 Å². The monoisotopic (exact) mass is 334 g/mol. The van der Waals surface area contributed by atoms with E-state index in [1.807, 2.05) is 19.1 Å². The number of halogens is 1. The summed E-state index contributed by atoms with van der Waals surface area (Å²) in [5.41, 5.74) is 1.82. The Kier molecular flexibility index (Phi) is 5.82. The second-order valence-corrected chi connectivity index (χ2v) is 5.52. The minimum absolute atomic E-state index is 0.223. The summed E-state index contributed by atoms with van der Waals surface area (Å²) in [5, 5.41) is 3.47. The van der Waals surface area contributed by atoms with Crippen molar-refractivity contribution in [3.63, 3.8) is 0 Å². The average molecular weight is 335 g/mol. The molecule has 2 N–H and O–H groups in total. The van der Waals surface area contributed by atoms with Crippen LogP contribution in [0.25, 0.3) is 0 Å². The predicted octanol–water partition coefficient (Wildman–Crippen LogP) is 2.71. The first kappa shape index (κ1) is 17.1. The van der Waals surface area contributed by atoms with Crippen LogP contribution in [0.1, 0.15) is 28.4 Å². The van der Waals surface area contributed by atoms with Crippen molar-refractivity contribution in [3.05, 3.63) is 62.5 Å². The molecule has 0 aliphatic carbocycles. The van der Waals surface area contributed by atoms with Crippen LogP contribution in [0, 0.1) is 6.92 Å². The third-order valence-corrected chi connectivity index (χ3v) is 3.61. The zero-order valence-electron chi connectivity index (χ0n) is 13.1. The van der Waals surface area contributed by atoms with Crippen molar-refractivity contribution in [2.24, 2.45) is 0 Å². The summed E-state index contributed by atoms with van der Waals surface area (Å²) in [7, 11) is 0. The molecule has 1 aromatic heterocycles. The summed E-state index contributed by atoms with van der Waals surface area (Å²) in [6.07, 6.45) is 2.03. The van der Waals surface area contributed by atoms with E-state index in [2.05, 4.69) is 10.3 Å².